The van der Waals surface area contributed by atoms with Crippen LogP contribution in [0.2, 0.25) is 0 Å². The fraction of sp³-hybridized carbons (Fsp3) is 0.481. The molecule has 0 saturated carbocycles. The van der Waals surface area contributed by atoms with Crippen LogP contribution in [-0.4, -0.2) is 60.8 Å². The lowest BCUT2D eigenvalue weighted by molar-refractivity contribution is -0.133. The normalized spacial score (nSPS) is 19.1. The zero-order valence-corrected chi connectivity index (χ0v) is 20.5. The van der Waals surface area contributed by atoms with E-state index < -0.39 is 17.7 Å². The lowest BCUT2D eigenvalue weighted by Crippen LogP contribution is -2.49. The second-order valence-corrected chi connectivity index (χ2v) is 9.82. The first-order valence-corrected chi connectivity index (χ1v) is 12.1. The summed E-state index contributed by atoms with van der Waals surface area (Å²) >= 11 is 0. The van der Waals surface area contributed by atoms with Crippen LogP contribution in [0.25, 0.3) is 0 Å². The minimum atomic E-state index is -0.564. The van der Waals surface area contributed by atoms with Gasteiger partial charge in [-0.05, 0) is 44.7 Å². The maximum absolute atomic E-state index is 13.6. The molecular formula is C27H38N4O3. The maximum Gasteiger partial charge on any atom is 0.407 e. The molecule has 1 saturated heterocycles. The molecule has 1 fully saturated rings. The van der Waals surface area contributed by atoms with E-state index in [-0.39, 0.29) is 17.9 Å². The topological polar surface area (TPSA) is 96.7 Å². The summed E-state index contributed by atoms with van der Waals surface area (Å²) in [7, 11) is 0. The van der Waals surface area contributed by atoms with Gasteiger partial charge in [0.2, 0.25) is 5.91 Å². The highest BCUT2D eigenvalue weighted by atomic mass is 16.6. The van der Waals surface area contributed by atoms with Gasteiger partial charge in [0.1, 0.15) is 5.60 Å². The van der Waals surface area contributed by atoms with Crippen LogP contribution in [0.1, 0.15) is 50.7 Å². The number of hydrogen-bond donors (Lipinski definition) is 3. The molecule has 7 nitrogen and oxygen atoms in total. The summed E-state index contributed by atoms with van der Waals surface area (Å²) in [6.45, 7) is 7.48. The van der Waals surface area contributed by atoms with Gasteiger partial charge in [-0.25, -0.2) is 4.79 Å². The molecule has 0 bridgehead atoms. The predicted octanol–water partition coefficient (Wildman–Crippen LogP) is 3.25. The highest BCUT2D eigenvalue weighted by Crippen LogP contribution is 2.27. The maximum atomic E-state index is 13.6. The first-order chi connectivity index (χ1) is 16.3. The van der Waals surface area contributed by atoms with Gasteiger partial charge in [-0.1, -0.05) is 60.7 Å². The molecule has 184 valence electrons. The van der Waals surface area contributed by atoms with Gasteiger partial charge < -0.3 is 26.0 Å². The third-order valence-electron chi connectivity index (χ3n) is 5.99. The lowest BCUT2D eigenvalue weighted by atomic mass is 9.90. The van der Waals surface area contributed by atoms with E-state index in [9.17, 15) is 9.59 Å². The number of benzene rings is 2. The van der Waals surface area contributed by atoms with E-state index in [0.717, 1.165) is 6.42 Å². The number of nitrogens with one attached hydrogen (secondary N) is 2. The van der Waals surface area contributed by atoms with E-state index in [1.807, 2.05) is 62.1 Å². The summed E-state index contributed by atoms with van der Waals surface area (Å²) in [5.74, 6) is 0.111. The van der Waals surface area contributed by atoms with Crippen molar-refractivity contribution in [1.82, 2.24) is 15.5 Å². The van der Waals surface area contributed by atoms with E-state index in [1.165, 1.54) is 11.1 Å². The third-order valence-corrected chi connectivity index (χ3v) is 5.99. The largest absolute Gasteiger partial charge is 0.444 e. The molecule has 4 N–H and O–H groups in total. The summed E-state index contributed by atoms with van der Waals surface area (Å²) in [5, 5.41) is 6.18. The van der Waals surface area contributed by atoms with Crippen LogP contribution >= 0.6 is 0 Å². The number of ether oxygens (including phenoxy) is 1. The van der Waals surface area contributed by atoms with Crippen molar-refractivity contribution in [3.63, 3.8) is 0 Å². The Morgan fingerprint density at radius 3 is 2.24 bits per heavy atom. The van der Waals surface area contributed by atoms with E-state index in [4.69, 9.17) is 10.5 Å². The zero-order valence-electron chi connectivity index (χ0n) is 20.5. The SMILES string of the molecule is CC(C)(C)OC(=O)NCC[C@@H]1N[C@H](CN)CCN(CC(c2ccccc2)c2ccccc2)C1=O. The standard InChI is InChI=1S/C27H38N4O3/c1-27(2,3)34-26(33)29-16-14-24-25(32)31(17-15-22(18-28)30-24)19-23(20-10-6-4-7-11-20)21-12-8-5-9-13-21/h4-13,22-24,30H,14-19,28H2,1-3H3,(H,29,33)/t22-,24-/m0/s1. The molecular weight excluding hydrogens is 428 g/mol. The number of rotatable bonds is 8. The van der Waals surface area contributed by atoms with Gasteiger partial charge in [-0.3, -0.25) is 4.79 Å². The van der Waals surface area contributed by atoms with Crippen LogP contribution in [0.5, 0.6) is 0 Å². The van der Waals surface area contributed by atoms with Crippen molar-refractivity contribution in [2.75, 3.05) is 26.2 Å². The van der Waals surface area contributed by atoms with Crippen molar-refractivity contribution in [1.29, 1.82) is 0 Å². The van der Waals surface area contributed by atoms with Crippen molar-refractivity contribution in [2.24, 2.45) is 5.73 Å². The van der Waals surface area contributed by atoms with Crippen molar-refractivity contribution >= 4 is 12.0 Å². The highest BCUT2D eigenvalue weighted by molar-refractivity contribution is 5.82. The Kier molecular flexibility index (Phi) is 9.07. The van der Waals surface area contributed by atoms with Gasteiger partial charge in [-0.15, -0.1) is 0 Å². The molecule has 0 aromatic heterocycles. The first-order valence-electron chi connectivity index (χ1n) is 12.1. The molecule has 7 heteroatoms. The Morgan fingerprint density at radius 1 is 1.12 bits per heavy atom. The number of nitrogens with two attached hydrogens (primary N) is 1. The monoisotopic (exact) mass is 466 g/mol. The van der Waals surface area contributed by atoms with Gasteiger partial charge in [0.15, 0.2) is 0 Å². The highest BCUT2D eigenvalue weighted by Gasteiger charge is 2.32. The number of carbonyl (C=O) groups is 2. The average molecular weight is 467 g/mol. The van der Waals surface area contributed by atoms with E-state index in [0.29, 0.717) is 32.6 Å². The molecule has 2 aromatic rings. The molecule has 1 aliphatic heterocycles. The molecule has 2 aromatic carbocycles. The number of carbonyl (C=O) groups excluding carboxylic acids is 2. The lowest BCUT2D eigenvalue weighted by Gasteiger charge is -2.29. The van der Waals surface area contributed by atoms with Gasteiger partial charge >= 0.3 is 6.09 Å². The summed E-state index contributed by atoms with van der Waals surface area (Å²) in [6.07, 6.45) is 0.773. The smallest absolute Gasteiger partial charge is 0.407 e. The average Bonchev–Trinajstić information content (AvgIpc) is 2.96. The molecule has 3 rings (SSSR count). The zero-order chi connectivity index (χ0) is 24.6. The third kappa shape index (κ3) is 7.57. The van der Waals surface area contributed by atoms with Crippen LogP contribution in [-0.2, 0) is 9.53 Å². The van der Waals surface area contributed by atoms with Crippen LogP contribution in [0.15, 0.2) is 60.7 Å². The Balaban J connectivity index is 1.73. The molecule has 1 heterocycles. The first kappa shape index (κ1) is 25.7. The van der Waals surface area contributed by atoms with E-state index >= 15 is 0 Å². The number of hydrogen-bond acceptors (Lipinski definition) is 5. The molecule has 2 atom stereocenters. The second kappa shape index (κ2) is 12.0. The van der Waals surface area contributed by atoms with Crippen molar-refractivity contribution in [3.05, 3.63) is 71.8 Å². The van der Waals surface area contributed by atoms with Crippen molar-refractivity contribution in [3.8, 4) is 0 Å². The Hall–Kier alpha value is -2.90. The van der Waals surface area contributed by atoms with Gasteiger partial charge in [0.05, 0.1) is 6.04 Å². The second-order valence-electron chi connectivity index (χ2n) is 9.82. The van der Waals surface area contributed by atoms with Crippen molar-refractivity contribution in [2.45, 2.75) is 57.2 Å². The number of nitrogens with zero attached hydrogens (tertiary/aromatic N) is 1. The van der Waals surface area contributed by atoms with Gasteiger partial charge in [0.25, 0.3) is 0 Å². The summed E-state index contributed by atoms with van der Waals surface area (Å²) < 4.78 is 5.31. The van der Waals surface area contributed by atoms with E-state index in [2.05, 4.69) is 34.9 Å². The molecule has 2 amide bonds. The minimum absolute atomic E-state index is 0.0406. The molecule has 0 spiro atoms. The van der Waals surface area contributed by atoms with Crippen LogP contribution in [0, 0.1) is 0 Å². The number of alkyl carbamates (subject to hydrolysis) is 1. The predicted molar refractivity (Wildman–Crippen MR) is 135 cm³/mol. The van der Waals surface area contributed by atoms with Crippen LogP contribution in [0.4, 0.5) is 4.79 Å². The van der Waals surface area contributed by atoms with Crippen LogP contribution < -0.4 is 16.4 Å². The fourth-order valence-electron chi connectivity index (χ4n) is 4.28. The molecule has 0 aliphatic carbocycles. The van der Waals surface area contributed by atoms with Gasteiger partial charge in [-0.2, -0.15) is 0 Å². The fourth-order valence-corrected chi connectivity index (χ4v) is 4.28. The minimum Gasteiger partial charge on any atom is -0.444 e. The molecule has 34 heavy (non-hydrogen) atoms. The van der Waals surface area contributed by atoms with Crippen molar-refractivity contribution < 1.29 is 14.3 Å². The molecule has 0 radical (unpaired) electrons. The van der Waals surface area contributed by atoms with Crippen LogP contribution in [0.3, 0.4) is 0 Å². The van der Waals surface area contributed by atoms with Gasteiger partial charge in [0, 0.05) is 38.1 Å². The summed E-state index contributed by atoms with van der Waals surface area (Å²) in [4.78, 5) is 27.6. The Labute approximate surface area is 203 Å². The molecule has 0 unspecified atom stereocenters. The van der Waals surface area contributed by atoms with E-state index in [1.54, 1.807) is 0 Å². The summed E-state index contributed by atoms with van der Waals surface area (Å²) in [6, 6.07) is 20.2. The summed E-state index contributed by atoms with van der Waals surface area (Å²) in [5.41, 5.74) is 7.77. The Morgan fingerprint density at radius 2 is 1.71 bits per heavy atom. The number of amides is 2. The Bertz CT molecular complexity index is 875. The molecule has 1 aliphatic rings. The quantitative estimate of drug-likeness (QED) is 0.555.